The average molecular weight is 410 g/mol. The Labute approximate surface area is 176 Å². The van der Waals surface area contributed by atoms with Crippen LogP contribution in [0.15, 0.2) is 54.7 Å². The highest BCUT2D eigenvalue weighted by Gasteiger charge is 2.22. The molecule has 0 bridgehead atoms. The van der Waals surface area contributed by atoms with Crippen LogP contribution in [-0.2, 0) is 0 Å². The minimum atomic E-state index is 0.0555. The van der Waals surface area contributed by atoms with Crippen LogP contribution in [0, 0.1) is 0 Å². The third-order valence-corrected chi connectivity index (χ3v) is 6.42. The van der Waals surface area contributed by atoms with Crippen LogP contribution in [0.1, 0.15) is 22.3 Å². The van der Waals surface area contributed by atoms with Gasteiger partial charge in [0.05, 0.1) is 5.56 Å². The topological polar surface area (TPSA) is 45.7 Å². The van der Waals surface area contributed by atoms with E-state index in [4.69, 9.17) is 4.74 Å². The molecule has 1 unspecified atom stereocenters. The summed E-state index contributed by atoms with van der Waals surface area (Å²) in [5.74, 6) is 2.84. The van der Waals surface area contributed by atoms with Gasteiger partial charge in [0, 0.05) is 50.7 Å². The second-order valence-corrected chi connectivity index (χ2v) is 8.54. The van der Waals surface area contributed by atoms with Gasteiger partial charge < -0.3 is 9.64 Å². The minimum Gasteiger partial charge on any atom is -0.473 e. The van der Waals surface area contributed by atoms with Gasteiger partial charge in [0.15, 0.2) is 0 Å². The number of pyridine rings is 1. The lowest BCUT2D eigenvalue weighted by Crippen LogP contribution is -2.48. The molecular formula is C23H27N3O2S. The van der Waals surface area contributed by atoms with Crippen molar-refractivity contribution < 1.29 is 9.53 Å². The smallest absolute Gasteiger partial charge is 0.255 e. The standard InChI is InChI=1S/C23H27N3O2S/c27-23(20-8-9-22(24-17-20)28-21-10-16-29-18-21)26-14-12-25(13-15-26)11-4-7-19-5-2-1-3-6-19/h1-9,17,21H,10-16,18H2/b7-4+. The molecule has 4 rings (SSSR count). The van der Waals surface area contributed by atoms with E-state index in [1.165, 1.54) is 5.56 Å². The molecule has 29 heavy (non-hydrogen) atoms. The Balaban J connectivity index is 1.23. The van der Waals surface area contributed by atoms with Crippen molar-refractivity contribution >= 4 is 23.7 Å². The molecule has 1 amide bonds. The molecule has 0 spiro atoms. The summed E-state index contributed by atoms with van der Waals surface area (Å²) in [6.45, 7) is 4.17. The predicted octanol–water partition coefficient (Wildman–Crippen LogP) is 3.44. The Hall–Kier alpha value is -2.31. The summed E-state index contributed by atoms with van der Waals surface area (Å²) in [5, 5.41) is 0. The Kier molecular flexibility index (Phi) is 6.85. The lowest BCUT2D eigenvalue weighted by Gasteiger charge is -2.34. The summed E-state index contributed by atoms with van der Waals surface area (Å²) in [4.78, 5) is 21.4. The van der Waals surface area contributed by atoms with E-state index in [-0.39, 0.29) is 12.0 Å². The molecule has 0 saturated carbocycles. The third-order valence-electron chi connectivity index (χ3n) is 5.29. The Morgan fingerprint density at radius 1 is 1.14 bits per heavy atom. The van der Waals surface area contributed by atoms with Crippen molar-refractivity contribution in [2.75, 3.05) is 44.2 Å². The number of amides is 1. The molecule has 2 aliphatic rings. The molecule has 1 aromatic heterocycles. The molecule has 3 heterocycles. The van der Waals surface area contributed by atoms with Crippen LogP contribution in [0.5, 0.6) is 5.88 Å². The number of hydrogen-bond donors (Lipinski definition) is 0. The fourth-order valence-corrected chi connectivity index (χ4v) is 4.67. The maximum atomic E-state index is 12.8. The van der Waals surface area contributed by atoms with Crippen molar-refractivity contribution in [3.8, 4) is 5.88 Å². The van der Waals surface area contributed by atoms with Crippen LogP contribution in [0.2, 0.25) is 0 Å². The zero-order valence-electron chi connectivity index (χ0n) is 16.6. The molecule has 2 saturated heterocycles. The second-order valence-electron chi connectivity index (χ2n) is 7.39. The van der Waals surface area contributed by atoms with Crippen molar-refractivity contribution in [3.63, 3.8) is 0 Å². The van der Waals surface area contributed by atoms with Crippen molar-refractivity contribution in [2.24, 2.45) is 0 Å². The van der Waals surface area contributed by atoms with Gasteiger partial charge in [-0.2, -0.15) is 11.8 Å². The summed E-state index contributed by atoms with van der Waals surface area (Å²) in [7, 11) is 0. The average Bonchev–Trinajstić information content (AvgIpc) is 3.28. The van der Waals surface area contributed by atoms with Crippen LogP contribution < -0.4 is 4.74 Å². The van der Waals surface area contributed by atoms with Crippen molar-refractivity contribution in [1.82, 2.24) is 14.8 Å². The molecule has 0 N–H and O–H groups in total. The van der Waals surface area contributed by atoms with Crippen molar-refractivity contribution in [2.45, 2.75) is 12.5 Å². The molecule has 2 fully saturated rings. The number of nitrogens with zero attached hydrogens (tertiary/aromatic N) is 3. The molecule has 0 aliphatic carbocycles. The van der Waals surface area contributed by atoms with E-state index in [0.717, 1.165) is 50.7 Å². The van der Waals surface area contributed by atoms with Crippen LogP contribution >= 0.6 is 11.8 Å². The quantitative estimate of drug-likeness (QED) is 0.731. The van der Waals surface area contributed by atoms with E-state index in [1.807, 2.05) is 47.0 Å². The van der Waals surface area contributed by atoms with Crippen LogP contribution in [0.4, 0.5) is 0 Å². The normalized spacial score (nSPS) is 20.3. The van der Waals surface area contributed by atoms with Gasteiger partial charge in [-0.25, -0.2) is 4.98 Å². The Morgan fingerprint density at radius 3 is 2.66 bits per heavy atom. The van der Waals surface area contributed by atoms with Gasteiger partial charge in [-0.1, -0.05) is 42.5 Å². The maximum Gasteiger partial charge on any atom is 0.255 e. The van der Waals surface area contributed by atoms with Crippen molar-refractivity contribution in [3.05, 3.63) is 65.9 Å². The maximum absolute atomic E-state index is 12.8. The lowest BCUT2D eigenvalue weighted by atomic mass is 10.2. The summed E-state index contributed by atoms with van der Waals surface area (Å²) in [6, 6.07) is 14.0. The largest absolute Gasteiger partial charge is 0.473 e. The van der Waals surface area contributed by atoms with E-state index in [0.29, 0.717) is 11.4 Å². The van der Waals surface area contributed by atoms with E-state index < -0.39 is 0 Å². The number of carbonyl (C=O) groups excluding carboxylic acids is 1. The summed E-state index contributed by atoms with van der Waals surface area (Å²) in [6.07, 6.45) is 7.31. The van der Waals surface area contributed by atoms with Gasteiger partial charge in [-0.05, 0) is 23.8 Å². The second kappa shape index (κ2) is 9.94. The number of thioether (sulfide) groups is 1. The molecule has 2 aromatic rings. The summed E-state index contributed by atoms with van der Waals surface area (Å²) < 4.78 is 5.87. The van der Waals surface area contributed by atoms with Crippen LogP contribution in [0.3, 0.4) is 0 Å². The molecular weight excluding hydrogens is 382 g/mol. The van der Waals surface area contributed by atoms with Gasteiger partial charge in [0.2, 0.25) is 5.88 Å². The van der Waals surface area contributed by atoms with E-state index in [2.05, 4.69) is 34.2 Å². The first-order valence-corrected chi connectivity index (χ1v) is 11.4. The summed E-state index contributed by atoms with van der Waals surface area (Å²) in [5.41, 5.74) is 1.85. The van der Waals surface area contributed by atoms with Gasteiger partial charge >= 0.3 is 0 Å². The molecule has 1 aromatic carbocycles. The highest BCUT2D eigenvalue weighted by atomic mass is 32.2. The first kappa shape index (κ1) is 20.0. The zero-order valence-corrected chi connectivity index (χ0v) is 17.4. The Bertz CT molecular complexity index is 812. The first-order valence-electron chi connectivity index (χ1n) is 10.2. The van der Waals surface area contributed by atoms with Gasteiger partial charge in [-0.15, -0.1) is 0 Å². The highest BCUT2D eigenvalue weighted by molar-refractivity contribution is 7.99. The number of piperazine rings is 1. The predicted molar refractivity (Wildman–Crippen MR) is 118 cm³/mol. The lowest BCUT2D eigenvalue weighted by molar-refractivity contribution is 0.0649. The van der Waals surface area contributed by atoms with E-state index in [9.17, 15) is 4.79 Å². The number of rotatable bonds is 6. The highest BCUT2D eigenvalue weighted by Crippen LogP contribution is 2.22. The monoisotopic (exact) mass is 409 g/mol. The van der Waals surface area contributed by atoms with Gasteiger partial charge in [0.1, 0.15) is 6.10 Å². The minimum absolute atomic E-state index is 0.0555. The number of aromatic nitrogens is 1. The van der Waals surface area contributed by atoms with Gasteiger partial charge in [-0.3, -0.25) is 9.69 Å². The van der Waals surface area contributed by atoms with E-state index >= 15 is 0 Å². The fourth-order valence-electron chi connectivity index (χ4n) is 3.57. The first-order chi connectivity index (χ1) is 14.3. The summed E-state index contributed by atoms with van der Waals surface area (Å²) >= 11 is 1.91. The zero-order chi connectivity index (χ0) is 19.9. The van der Waals surface area contributed by atoms with E-state index in [1.54, 1.807) is 6.20 Å². The molecule has 5 nitrogen and oxygen atoms in total. The molecule has 1 atom stereocenters. The number of carbonyl (C=O) groups is 1. The number of ether oxygens (including phenoxy) is 1. The third kappa shape index (κ3) is 5.61. The fraction of sp³-hybridized carbons (Fsp3) is 0.391. The number of hydrogen-bond acceptors (Lipinski definition) is 5. The van der Waals surface area contributed by atoms with Crippen LogP contribution in [-0.4, -0.2) is 71.0 Å². The SMILES string of the molecule is O=C(c1ccc(OC2CCSC2)nc1)N1CCN(C/C=C/c2ccccc2)CC1. The molecule has 152 valence electrons. The molecule has 0 radical (unpaired) electrons. The van der Waals surface area contributed by atoms with Crippen molar-refractivity contribution in [1.29, 1.82) is 0 Å². The Morgan fingerprint density at radius 2 is 1.97 bits per heavy atom. The van der Waals surface area contributed by atoms with Crippen LogP contribution in [0.25, 0.3) is 6.08 Å². The van der Waals surface area contributed by atoms with Gasteiger partial charge in [0.25, 0.3) is 5.91 Å². The molecule has 2 aliphatic heterocycles. The number of benzene rings is 1. The molecule has 6 heteroatoms.